The summed E-state index contributed by atoms with van der Waals surface area (Å²) in [6.45, 7) is 1.89. The molecule has 76 valence electrons. The normalized spacial score (nSPS) is 24.6. The van der Waals surface area contributed by atoms with Crippen molar-refractivity contribution in [2.24, 2.45) is 5.41 Å². The van der Waals surface area contributed by atoms with Crippen LogP contribution in [-0.2, 0) is 9.53 Å². The average molecular weight is 194 g/mol. The molecule has 0 spiro atoms. The second-order valence-corrected chi connectivity index (χ2v) is 3.75. The maximum Gasteiger partial charge on any atom is 0.354 e. The van der Waals surface area contributed by atoms with Gasteiger partial charge in [0.2, 0.25) is 0 Å². The second kappa shape index (κ2) is 3.70. The van der Waals surface area contributed by atoms with Crippen LogP contribution in [0.5, 0.6) is 0 Å². The van der Waals surface area contributed by atoms with Gasteiger partial charge in [-0.2, -0.15) is 5.26 Å². The van der Waals surface area contributed by atoms with E-state index in [1.165, 1.54) is 7.11 Å². The van der Waals surface area contributed by atoms with Gasteiger partial charge in [-0.1, -0.05) is 0 Å². The molecule has 14 heavy (non-hydrogen) atoms. The Bertz CT molecular complexity index is 318. The number of esters is 1. The van der Waals surface area contributed by atoms with E-state index in [0.717, 1.165) is 5.57 Å². The van der Waals surface area contributed by atoms with Gasteiger partial charge < -0.3 is 10.1 Å². The third kappa shape index (κ3) is 1.72. The topological polar surface area (TPSA) is 62.1 Å². The van der Waals surface area contributed by atoms with E-state index in [4.69, 9.17) is 5.26 Å². The molecule has 1 rings (SSSR count). The summed E-state index contributed by atoms with van der Waals surface area (Å²) in [5.74, 6) is -0.359. The number of likely N-dealkylation sites (N-methyl/N-ethyl adjacent to an activating group) is 1. The molecule has 1 fully saturated rings. The molecule has 4 nitrogen and oxygen atoms in total. The minimum Gasteiger partial charge on any atom is -0.464 e. The molecule has 0 radical (unpaired) electrons. The fourth-order valence-electron chi connectivity index (χ4n) is 1.67. The van der Waals surface area contributed by atoms with Gasteiger partial charge in [0.25, 0.3) is 0 Å². The number of carbonyl (C=O) groups is 1. The third-order valence-corrected chi connectivity index (χ3v) is 2.47. The number of hydrogen-bond acceptors (Lipinski definition) is 4. The van der Waals surface area contributed by atoms with Crippen molar-refractivity contribution in [1.82, 2.24) is 5.32 Å². The average Bonchev–Trinajstić information content (AvgIpc) is 2.15. The molecule has 0 heterocycles. The minimum atomic E-state index is -0.359. The van der Waals surface area contributed by atoms with Crippen molar-refractivity contribution in [3.05, 3.63) is 11.3 Å². The monoisotopic (exact) mass is 194 g/mol. The van der Waals surface area contributed by atoms with E-state index in [1.807, 2.05) is 6.92 Å². The first-order chi connectivity index (χ1) is 6.56. The summed E-state index contributed by atoms with van der Waals surface area (Å²) in [6, 6.07) is 2.23. The molecule has 0 atom stereocenters. The largest absolute Gasteiger partial charge is 0.464 e. The number of methoxy groups -OCH3 is 1. The zero-order chi connectivity index (χ0) is 10.8. The highest BCUT2D eigenvalue weighted by molar-refractivity contribution is 5.88. The van der Waals surface area contributed by atoms with Crippen LogP contribution in [0.1, 0.15) is 19.8 Å². The van der Waals surface area contributed by atoms with E-state index >= 15 is 0 Å². The van der Waals surface area contributed by atoms with Crippen molar-refractivity contribution in [2.45, 2.75) is 19.8 Å². The highest BCUT2D eigenvalue weighted by atomic mass is 16.5. The lowest BCUT2D eigenvalue weighted by Crippen LogP contribution is -2.32. The van der Waals surface area contributed by atoms with Crippen LogP contribution < -0.4 is 5.32 Å². The van der Waals surface area contributed by atoms with Crippen LogP contribution in [0.4, 0.5) is 0 Å². The lowest BCUT2D eigenvalue weighted by atomic mass is 9.67. The summed E-state index contributed by atoms with van der Waals surface area (Å²) in [6.07, 6.45) is 1.30. The van der Waals surface area contributed by atoms with Crippen LogP contribution in [0.25, 0.3) is 0 Å². The number of hydrogen-bond donors (Lipinski definition) is 1. The lowest BCUT2D eigenvalue weighted by molar-refractivity contribution is -0.136. The van der Waals surface area contributed by atoms with E-state index in [-0.39, 0.29) is 11.4 Å². The quantitative estimate of drug-likeness (QED) is 0.525. The van der Waals surface area contributed by atoms with Crippen LogP contribution >= 0.6 is 0 Å². The molecule has 0 aromatic rings. The first-order valence-electron chi connectivity index (χ1n) is 4.45. The van der Waals surface area contributed by atoms with Crippen LogP contribution in [0.2, 0.25) is 0 Å². The molecule has 1 N–H and O–H groups in total. The molecule has 0 unspecified atom stereocenters. The molecule has 1 aliphatic rings. The number of nitrogens with zero attached hydrogens (tertiary/aromatic N) is 1. The maximum absolute atomic E-state index is 11.3. The number of nitrogens with one attached hydrogen (secondary N) is 1. The van der Waals surface area contributed by atoms with E-state index in [9.17, 15) is 4.79 Å². The van der Waals surface area contributed by atoms with Gasteiger partial charge in [0.15, 0.2) is 0 Å². The fourth-order valence-corrected chi connectivity index (χ4v) is 1.67. The maximum atomic E-state index is 11.3. The van der Waals surface area contributed by atoms with Gasteiger partial charge in [0, 0.05) is 7.05 Å². The highest BCUT2D eigenvalue weighted by Gasteiger charge is 2.39. The molecule has 0 amide bonds. The molecule has 4 heteroatoms. The van der Waals surface area contributed by atoms with Crippen LogP contribution in [0, 0.1) is 16.7 Å². The van der Waals surface area contributed by atoms with E-state index < -0.39 is 0 Å². The number of rotatable bonds is 2. The van der Waals surface area contributed by atoms with Gasteiger partial charge in [-0.25, -0.2) is 4.79 Å². The van der Waals surface area contributed by atoms with Gasteiger partial charge in [0.1, 0.15) is 5.70 Å². The Labute approximate surface area is 83.5 Å². The van der Waals surface area contributed by atoms with Gasteiger partial charge in [-0.3, -0.25) is 0 Å². The fraction of sp³-hybridized carbons (Fsp3) is 0.600. The number of allylic oxidation sites excluding steroid dienone is 1. The van der Waals surface area contributed by atoms with Crippen molar-refractivity contribution >= 4 is 5.97 Å². The van der Waals surface area contributed by atoms with Gasteiger partial charge in [-0.15, -0.1) is 0 Å². The molecule has 0 bridgehead atoms. The summed E-state index contributed by atoms with van der Waals surface area (Å²) in [7, 11) is 3.03. The summed E-state index contributed by atoms with van der Waals surface area (Å²) in [5.41, 5.74) is 1.18. The first-order valence-corrected chi connectivity index (χ1v) is 4.45. The zero-order valence-corrected chi connectivity index (χ0v) is 8.68. The van der Waals surface area contributed by atoms with E-state index in [1.54, 1.807) is 7.05 Å². The molecule has 0 aromatic heterocycles. The standard InChI is InChI=1S/C10H14N2O2/c1-10(6-11)4-7(5-10)8(12-2)9(13)14-3/h12H,4-5H2,1-3H3. The molecule has 0 aromatic carbocycles. The predicted octanol–water partition coefficient (Wildman–Crippen LogP) is 0.957. The van der Waals surface area contributed by atoms with Crippen molar-refractivity contribution in [3.8, 4) is 6.07 Å². The van der Waals surface area contributed by atoms with Crippen molar-refractivity contribution in [2.75, 3.05) is 14.2 Å². The highest BCUT2D eigenvalue weighted by Crippen LogP contribution is 2.45. The van der Waals surface area contributed by atoms with Gasteiger partial charge in [0.05, 0.1) is 18.6 Å². The Morgan fingerprint density at radius 1 is 1.64 bits per heavy atom. The van der Waals surface area contributed by atoms with Crippen molar-refractivity contribution in [3.63, 3.8) is 0 Å². The first kappa shape index (κ1) is 10.6. The van der Waals surface area contributed by atoms with E-state index in [0.29, 0.717) is 18.5 Å². The number of nitriles is 1. The molecule has 0 aliphatic heterocycles. The smallest absolute Gasteiger partial charge is 0.354 e. The predicted molar refractivity (Wildman–Crippen MR) is 51.1 cm³/mol. The molecular formula is C10H14N2O2. The minimum absolute atomic E-state index is 0.300. The Morgan fingerprint density at radius 2 is 2.21 bits per heavy atom. The number of carbonyl (C=O) groups excluding carboxylic acids is 1. The Hall–Kier alpha value is -1.50. The SMILES string of the molecule is CNC(C(=O)OC)=C1CC(C)(C#N)C1. The van der Waals surface area contributed by atoms with Gasteiger partial charge >= 0.3 is 5.97 Å². The van der Waals surface area contributed by atoms with E-state index in [2.05, 4.69) is 16.1 Å². The molecule has 1 saturated carbocycles. The molecule has 0 saturated heterocycles. The van der Waals surface area contributed by atoms with Crippen LogP contribution in [0.3, 0.4) is 0 Å². The Morgan fingerprint density at radius 3 is 2.57 bits per heavy atom. The van der Waals surface area contributed by atoms with Crippen LogP contribution in [0.15, 0.2) is 11.3 Å². The number of ether oxygens (including phenoxy) is 1. The van der Waals surface area contributed by atoms with Gasteiger partial charge in [-0.05, 0) is 25.3 Å². The summed E-state index contributed by atoms with van der Waals surface area (Å²) in [4.78, 5) is 11.3. The Kier molecular flexibility index (Phi) is 2.80. The summed E-state index contributed by atoms with van der Waals surface area (Å²) < 4.78 is 4.62. The zero-order valence-electron chi connectivity index (χ0n) is 8.68. The third-order valence-electron chi connectivity index (χ3n) is 2.47. The molecular weight excluding hydrogens is 180 g/mol. The Balaban J connectivity index is 2.78. The summed E-state index contributed by atoms with van der Waals surface area (Å²) >= 11 is 0. The van der Waals surface area contributed by atoms with Crippen molar-refractivity contribution < 1.29 is 9.53 Å². The van der Waals surface area contributed by atoms with Crippen molar-refractivity contribution in [1.29, 1.82) is 5.26 Å². The van der Waals surface area contributed by atoms with Crippen LogP contribution in [-0.4, -0.2) is 20.1 Å². The summed E-state index contributed by atoms with van der Waals surface area (Å²) in [5, 5.41) is 11.6. The lowest BCUT2D eigenvalue weighted by Gasteiger charge is -2.35. The molecule has 1 aliphatic carbocycles. The second-order valence-electron chi connectivity index (χ2n) is 3.75.